The number of benzene rings is 2. The Bertz CT molecular complexity index is 1450. The number of aldehydes is 1. The minimum absolute atomic E-state index is 0.139. The van der Waals surface area contributed by atoms with Crippen LogP contribution in [0.4, 0.5) is 0 Å². The van der Waals surface area contributed by atoms with Crippen molar-refractivity contribution in [3.05, 3.63) is 118 Å². The second-order valence-electron chi connectivity index (χ2n) is 10.2. The van der Waals surface area contributed by atoms with Gasteiger partial charge in [0, 0.05) is 25.0 Å². The molecule has 1 aliphatic carbocycles. The zero-order valence-electron chi connectivity index (χ0n) is 27.1. The van der Waals surface area contributed by atoms with Crippen molar-refractivity contribution in [1.29, 1.82) is 10.5 Å². The molecule has 0 N–H and O–H groups in total. The first-order valence-electron chi connectivity index (χ1n) is 15.3. The van der Waals surface area contributed by atoms with E-state index in [0.29, 0.717) is 29.9 Å². The van der Waals surface area contributed by atoms with Crippen LogP contribution in [0.2, 0.25) is 0 Å². The summed E-state index contributed by atoms with van der Waals surface area (Å²) in [6.07, 6.45) is 10.1. The molecule has 4 aromatic rings. The lowest BCUT2D eigenvalue weighted by Gasteiger charge is -2.20. The Morgan fingerprint density at radius 1 is 0.778 bits per heavy atom. The molecule has 234 valence electrons. The van der Waals surface area contributed by atoms with Crippen molar-refractivity contribution in [1.82, 2.24) is 20.4 Å². The molecule has 0 unspecified atom stereocenters. The van der Waals surface area contributed by atoms with E-state index >= 15 is 0 Å². The SMILES string of the molecule is CC.CC(=O)Cc1ccc(C#N)cc1.Cc1ccc(C2CCCCC2)nn1.Cc1cccnn1.N#Cc1ccc(CC=O)cc1. The largest absolute Gasteiger partial charge is 0.303 e. The number of carbonyl (C=O) groups excluding carboxylic acids is 2. The molecule has 2 aromatic heterocycles. The highest BCUT2D eigenvalue weighted by atomic mass is 16.1. The number of carbonyl (C=O) groups is 2. The summed E-state index contributed by atoms with van der Waals surface area (Å²) in [4.78, 5) is 20.8. The molecule has 8 heteroatoms. The number of rotatable bonds is 5. The Morgan fingerprint density at radius 2 is 1.33 bits per heavy atom. The molecular formula is C37H44N6O2. The highest BCUT2D eigenvalue weighted by molar-refractivity contribution is 5.78. The van der Waals surface area contributed by atoms with Crippen molar-refractivity contribution in [2.24, 2.45) is 0 Å². The zero-order valence-corrected chi connectivity index (χ0v) is 27.1. The Kier molecular flexibility index (Phi) is 19.7. The lowest BCUT2D eigenvalue weighted by Crippen LogP contribution is -2.07. The van der Waals surface area contributed by atoms with Gasteiger partial charge in [-0.2, -0.15) is 30.9 Å². The molecule has 5 rings (SSSR count). The van der Waals surface area contributed by atoms with E-state index in [0.717, 1.165) is 28.8 Å². The third-order valence-corrected chi connectivity index (χ3v) is 6.49. The van der Waals surface area contributed by atoms with Crippen molar-refractivity contribution in [3.63, 3.8) is 0 Å². The summed E-state index contributed by atoms with van der Waals surface area (Å²) in [7, 11) is 0. The predicted molar refractivity (Wildman–Crippen MR) is 177 cm³/mol. The van der Waals surface area contributed by atoms with Crippen LogP contribution in [-0.4, -0.2) is 32.5 Å². The van der Waals surface area contributed by atoms with Gasteiger partial charge >= 0.3 is 0 Å². The first-order valence-corrected chi connectivity index (χ1v) is 15.3. The Hall–Kier alpha value is -5.08. The van der Waals surface area contributed by atoms with Crippen LogP contribution < -0.4 is 0 Å². The number of hydrogen-bond acceptors (Lipinski definition) is 8. The van der Waals surface area contributed by atoms with Gasteiger partial charge in [-0.1, -0.05) is 57.4 Å². The fraction of sp³-hybridized carbons (Fsp3) is 0.351. The number of nitriles is 2. The summed E-state index contributed by atoms with van der Waals surface area (Å²) in [6.45, 7) is 9.45. The number of ketones is 1. The number of Topliss-reactive ketones (excluding diaryl/α,β-unsaturated/α-hetero) is 1. The molecule has 1 aliphatic rings. The summed E-state index contributed by atoms with van der Waals surface area (Å²) >= 11 is 0. The highest BCUT2D eigenvalue weighted by Crippen LogP contribution is 2.30. The molecule has 2 aromatic carbocycles. The molecule has 0 bridgehead atoms. The molecule has 8 nitrogen and oxygen atoms in total. The molecule has 2 heterocycles. The molecule has 0 amide bonds. The van der Waals surface area contributed by atoms with Gasteiger partial charge < -0.3 is 4.79 Å². The summed E-state index contributed by atoms with van der Waals surface area (Å²) in [6, 6.07) is 26.0. The lowest BCUT2D eigenvalue weighted by atomic mass is 9.87. The van der Waals surface area contributed by atoms with E-state index in [1.807, 2.05) is 52.0 Å². The van der Waals surface area contributed by atoms with Gasteiger partial charge in [-0.25, -0.2) is 0 Å². The van der Waals surface area contributed by atoms with Crippen molar-refractivity contribution < 1.29 is 9.59 Å². The number of aryl methyl sites for hydroxylation is 2. The smallest absolute Gasteiger partial charge is 0.134 e. The van der Waals surface area contributed by atoms with Crippen LogP contribution in [0.3, 0.4) is 0 Å². The van der Waals surface area contributed by atoms with Crippen LogP contribution in [0.1, 0.15) is 98.1 Å². The van der Waals surface area contributed by atoms with Crippen LogP contribution in [0.25, 0.3) is 0 Å². The van der Waals surface area contributed by atoms with Gasteiger partial charge in [0.05, 0.1) is 40.3 Å². The maximum absolute atomic E-state index is 10.7. The molecule has 1 fully saturated rings. The lowest BCUT2D eigenvalue weighted by molar-refractivity contribution is -0.116. The van der Waals surface area contributed by atoms with Crippen LogP contribution >= 0.6 is 0 Å². The first-order chi connectivity index (χ1) is 21.8. The van der Waals surface area contributed by atoms with E-state index < -0.39 is 0 Å². The number of hydrogen-bond donors (Lipinski definition) is 0. The molecule has 0 saturated heterocycles. The Balaban J connectivity index is 0.000000300. The molecule has 0 atom stereocenters. The van der Waals surface area contributed by atoms with Gasteiger partial charge in [0.15, 0.2) is 0 Å². The van der Waals surface area contributed by atoms with E-state index in [9.17, 15) is 9.59 Å². The second-order valence-corrected chi connectivity index (χ2v) is 10.2. The molecule has 45 heavy (non-hydrogen) atoms. The van der Waals surface area contributed by atoms with Gasteiger partial charge in [0.25, 0.3) is 0 Å². The molecule has 0 aliphatic heterocycles. The van der Waals surface area contributed by atoms with E-state index in [2.05, 4.69) is 32.5 Å². The van der Waals surface area contributed by atoms with E-state index in [1.165, 1.54) is 37.8 Å². The quantitative estimate of drug-likeness (QED) is 0.212. The standard InChI is InChI=1S/C11H16N2.C10H9NO.C9H7NO.C5H6N2.C2H6/c1-9-7-8-11(13-12-9)10-5-3-2-4-6-10;1-8(12)6-9-2-4-10(7-11)5-3-9;10-7-9-3-1-8(2-4-9)5-6-11;1-5-3-2-4-6-7-5;1-2/h7-8,10H,2-6H2,1H3;2-5H,6H2,1H3;1-4,6H,5H2;2-4H,1H3;1-2H3. The van der Waals surface area contributed by atoms with Crippen molar-refractivity contribution in [3.8, 4) is 12.1 Å². The summed E-state index contributed by atoms with van der Waals surface area (Å²) in [5.41, 5.74) is 6.33. The normalized spacial score (nSPS) is 11.4. The maximum atomic E-state index is 10.7. The molecule has 1 saturated carbocycles. The minimum atomic E-state index is 0.139. The van der Waals surface area contributed by atoms with E-state index in [-0.39, 0.29) is 5.78 Å². The summed E-state index contributed by atoms with van der Waals surface area (Å²) < 4.78 is 0. The van der Waals surface area contributed by atoms with E-state index in [4.69, 9.17) is 10.5 Å². The van der Waals surface area contributed by atoms with Gasteiger partial charge in [0.1, 0.15) is 12.1 Å². The fourth-order valence-corrected chi connectivity index (χ4v) is 4.20. The van der Waals surface area contributed by atoms with E-state index in [1.54, 1.807) is 61.7 Å². The highest BCUT2D eigenvalue weighted by Gasteiger charge is 2.16. The number of aromatic nitrogens is 4. The topological polar surface area (TPSA) is 133 Å². The van der Waals surface area contributed by atoms with Crippen LogP contribution in [0.15, 0.2) is 79.0 Å². The van der Waals surface area contributed by atoms with Gasteiger partial charge in [-0.15, -0.1) is 0 Å². The van der Waals surface area contributed by atoms with Crippen molar-refractivity contribution in [2.75, 3.05) is 0 Å². The fourth-order valence-electron chi connectivity index (χ4n) is 4.20. The monoisotopic (exact) mass is 604 g/mol. The Labute approximate surface area is 268 Å². The maximum Gasteiger partial charge on any atom is 0.134 e. The van der Waals surface area contributed by atoms with Crippen LogP contribution in [0, 0.1) is 36.5 Å². The zero-order chi connectivity index (χ0) is 33.3. The first kappa shape index (κ1) is 37.9. The van der Waals surface area contributed by atoms with Crippen molar-refractivity contribution in [2.45, 2.75) is 85.5 Å². The average molecular weight is 605 g/mol. The third-order valence-electron chi connectivity index (χ3n) is 6.49. The minimum Gasteiger partial charge on any atom is -0.303 e. The molecular weight excluding hydrogens is 560 g/mol. The third kappa shape index (κ3) is 17.0. The predicted octanol–water partition coefficient (Wildman–Crippen LogP) is 7.63. The summed E-state index contributed by atoms with van der Waals surface area (Å²) in [5, 5.41) is 32.7. The molecule has 0 spiro atoms. The number of nitrogens with zero attached hydrogens (tertiary/aromatic N) is 6. The second kappa shape index (κ2) is 23.4. The Morgan fingerprint density at radius 3 is 1.73 bits per heavy atom. The van der Waals surface area contributed by atoms with Crippen LogP contribution in [0.5, 0.6) is 0 Å². The van der Waals surface area contributed by atoms with Gasteiger partial charge in [-0.3, -0.25) is 4.79 Å². The summed E-state index contributed by atoms with van der Waals surface area (Å²) in [5.74, 6) is 0.821. The van der Waals surface area contributed by atoms with Gasteiger partial charge in [0.2, 0.25) is 0 Å². The van der Waals surface area contributed by atoms with Gasteiger partial charge in [-0.05, 0) is 93.3 Å². The van der Waals surface area contributed by atoms with Crippen LogP contribution in [-0.2, 0) is 22.4 Å². The van der Waals surface area contributed by atoms with Crippen molar-refractivity contribution >= 4 is 12.1 Å². The molecule has 0 radical (unpaired) electrons. The average Bonchev–Trinajstić information content (AvgIpc) is 3.08.